The molecule has 2 aliphatic heterocycles. The maximum absolute atomic E-state index is 13.5. The number of benzene rings is 1. The van der Waals surface area contributed by atoms with Gasteiger partial charge in [-0.1, -0.05) is 54.5 Å². The topological polar surface area (TPSA) is 93.0 Å². The van der Waals surface area contributed by atoms with Gasteiger partial charge in [-0.15, -0.1) is 0 Å². The normalized spacial score (nSPS) is 21.3. The van der Waals surface area contributed by atoms with E-state index in [0.717, 1.165) is 31.2 Å². The Labute approximate surface area is 208 Å². The molecule has 2 saturated heterocycles. The van der Waals surface area contributed by atoms with Gasteiger partial charge < -0.3 is 14.1 Å². The van der Waals surface area contributed by atoms with Crippen LogP contribution in [-0.4, -0.2) is 60.9 Å². The molecule has 34 heavy (non-hydrogen) atoms. The van der Waals surface area contributed by atoms with E-state index < -0.39 is 9.84 Å². The fourth-order valence-electron chi connectivity index (χ4n) is 4.41. The molecule has 3 heterocycles. The molecule has 8 nitrogen and oxygen atoms in total. The van der Waals surface area contributed by atoms with Gasteiger partial charge in [0.05, 0.1) is 23.0 Å². The van der Waals surface area contributed by atoms with Gasteiger partial charge >= 0.3 is 0 Å². The number of thiocarbonyl (C=S) groups is 1. The molecular weight excluding hydrogens is 494 g/mol. The summed E-state index contributed by atoms with van der Waals surface area (Å²) in [6.45, 7) is 3.77. The Hall–Kier alpha value is -2.21. The number of nitrogens with zero attached hydrogens (tertiary/aromatic N) is 3. The van der Waals surface area contributed by atoms with Crippen molar-refractivity contribution in [3.63, 3.8) is 0 Å². The predicted octanol–water partition coefficient (Wildman–Crippen LogP) is 3.80. The van der Waals surface area contributed by atoms with Gasteiger partial charge in [-0.3, -0.25) is 9.69 Å². The third kappa shape index (κ3) is 4.41. The average molecular weight is 520 g/mol. The maximum atomic E-state index is 13.5. The van der Waals surface area contributed by atoms with Crippen molar-refractivity contribution < 1.29 is 22.4 Å². The summed E-state index contributed by atoms with van der Waals surface area (Å²) in [5.74, 6) is 0.0662. The first kappa shape index (κ1) is 23.5. The second-order valence-electron chi connectivity index (χ2n) is 8.57. The summed E-state index contributed by atoms with van der Waals surface area (Å²) < 4.78 is 38.9. The van der Waals surface area contributed by atoms with Crippen LogP contribution in [0.5, 0.6) is 0 Å². The van der Waals surface area contributed by atoms with Gasteiger partial charge in [0.25, 0.3) is 5.91 Å². The van der Waals surface area contributed by atoms with Crippen LogP contribution < -0.4 is 4.90 Å². The van der Waals surface area contributed by atoms with Crippen molar-refractivity contribution in [1.82, 2.24) is 9.88 Å². The van der Waals surface area contributed by atoms with E-state index in [9.17, 15) is 13.2 Å². The molecule has 2 aromatic rings. The van der Waals surface area contributed by atoms with E-state index in [1.807, 2.05) is 11.8 Å². The van der Waals surface area contributed by atoms with Crippen LogP contribution in [0.2, 0.25) is 0 Å². The van der Waals surface area contributed by atoms with Crippen molar-refractivity contribution in [2.24, 2.45) is 0 Å². The quantitative estimate of drug-likeness (QED) is 0.432. The standard InChI is InChI=1S/C23H25N3O5S3/c1-15-6-8-17(9-7-15)34(28,29)20-22(25-10-12-30-13-11-25)31-19(24-20)14-18-21(27)26(23(32)33-18)16-4-2-3-5-16/h6-9,14,16H,2-5,10-13H2,1H3/b18-14-. The molecule has 1 amide bonds. The number of aryl methyl sites for hydroxylation is 1. The molecule has 0 unspecified atom stereocenters. The molecular formula is C23H25N3O5S3. The molecule has 11 heteroatoms. The summed E-state index contributed by atoms with van der Waals surface area (Å²) >= 11 is 6.68. The highest BCUT2D eigenvalue weighted by molar-refractivity contribution is 8.26. The van der Waals surface area contributed by atoms with E-state index in [2.05, 4.69) is 4.98 Å². The number of thioether (sulfide) groups is 1. The fourth-order valence-corrected chi connectivity index (χ4v) is 7.11. The summed E-state index contributed by atoms with van der Waals surface area (Å²) in [5.41, 5.74) is 0.956. The zero-order valence-corrected chi connectivity index (χ0v) is 21.2. The van der Waals surface area contributed by atoms with Crippen LogP contribution in [0.15, 0.2) is 43.5 Å². The molecule has 0 radical (unpaired) electrons. The molecule has 1 aliphatic carbocycles. The highest BCUT2D eigenvalue weighted by Gasteiger charge is 2.39. The van der Waals surface area contributed by atoms with Gasteiger partial charge in [0.1, 0.15) is 4.32 Å². The summed E-state index contributed by atoms with van der Waals surface area (Å²) in [7, 11) is -3.94. The van der Waals surface area contributed by atoms with Crippen LogP contribution >= 0.6 is 24.0 Å². The molecule has 1 aromatic heterocycles. The molecule has 0 bridgehead atoms. The number of sulfone groups is 1. The number of hydrogen-bond acceptors (Lipinski definition) is 9. The van der Waals surface area contributed by atoms with Gasteiger partial charge in [-0.25, -0.2) is 8.42 Å². The predicted molar refractivity (Wildman–Crippen MR) is 133 cm³/mol. The number of anilines is 1. The molecule has 0 atom stereocenters. The van der Waals surface area contributed by atoms with Crippen LogP contribution in [-0.2, 0) is 19.4 Å². The van der Waals surface area contributed by atoms with E-state index in [1.165, 1.54) is 17.8 Å². The Morgan fingerprint density at radius 1 is 1.15 bits per heavy atom. The summed E-state index contributed by atoms with van der Waals surface area (Å²) in [4.78, 5) is 21.5. The third-order valence-electron chi connectivity index (χ3n) is 6.25. The number of amides is 1. The van der Waals surface area contributed by atoms with Crippen molar-refractivity contribution in [2.75, 3.05) is 31.2 Å². The van der Waals surface area contributed by atoms with Gasteiger partial charge in [-0.05, 0) is 31.9 Å². The Kier molecular flexibility index (Phi) is 6.54. The minimum absolute atomic E-state index is 0.0686. The zero-order chi connectivity index (χ0) is 23.9. The first-order valence-electron chi connectivity index (χ1n) is 11.3. The first-order chi connectivity index (χ1) is 16.3. The van der Waals surface area contributed by atoms with Crippen LogP contribution in [0, 0.1) is 6.92 Å². The van der Waals surface area contributed by atoms with Crippen molar-refractivity contribution in [1.29, 1.82) is 0 Å². The van der Waals surface area contributed by atoms with Crippen molar-refractivity contribution in [3.05, 3.63) is 40.6 Å². The van der Waals surface area contributed by atoms with Crippen molar-refractivity contribution >= 4 is 56.0 Å². The number of oxazole rings is 1. The van der Waals surface area contributed by atoms with Gasteiger partial charge in [0.2, 0.25) is 26.6 Å². The van der Waals surface area contributed by atoms with Gasteiger partial charge in [0.15, 0.2) is 0 Å². The Morgan fingerprint density at radius 3 is 2.50 bits per heavy atom. The van der Waals surface area contributed by atoms with Crippen LogP contribution in [0.25, 0.3) is 6.08 Å². The number of morpholine rings is 1. The smallest absolute Gasteiger partial charge is 0.266 e. The van der Waals surface area contributed by atoms with Gasteiger partial charge in [0, 0.05) is 25.2 Å². The molecule has 1 saturated carbocycles. The lowest BCUT2D eigenvalue weighted by atomic mass is 10.2. The molecule has 0 spiro atoms. The van der Waals surface area contributed by atoms with E-state index in [0.29, 0.717) is 35.5 Å². The number of hydrogen-bond donors (Lipinski definition) is 0. The van der Waals surface area contributed by atoms with E-state index in [-0.39, 0.29) is 33.6 Å². The molecule has 3 aliphatic rings. The first-order valence-corrected chi connectivity index (χ1v) is 14.0. The third-order valence-corrected chi connectivity index (χ3v) is 9.25. The lowest BCUT2D eigenvalue weighted by molar-refractivity contribution is -0.123. The van der Waals surface area contributed by atoms with E-state index >= 15 is 0 Å². The van der Waals surface area contributed by atoms with E-state index in [1.54, 1.807) is 29.2 Å². The monoisotopic (exact) mass is 519 g/mol. The van der Waals surface area contributed by atoms with E-state index in [4.69, 9.17) is 21.4 Å². The minimum atomic E-state index is -3.94. The van der Waals surface area contributed by atoms with Crippen LogP contribution in [0.3, 0.4) is 0 Å². The molecule has 1 aromatic carbocycles. The van der Waals surface area contributed by atoms with Crippen molar-refractivity contribution in [2.45, 2.75) is 48.6 Å². The number of aromatic nitrogens is 1. The Bertz CT molecular complexity index is 1240. The average Bonchev–Trinajstić information content (AvgIpc) is 3.55. The largest absolute Gasteiger partial charge is 0.420 e. The summed E-state index contributed by atoms with van der Waals surface area (Å²) in [6.07, 6.45) is 5.57. The zero-order valence-electron chi connectivity index (χ0n) is 18.7. The lowest BCUT2D eigenvalue weighted by Gasteiger charge is -2.26. The molecule has 3 fully saturated rings. The molecule has 0 N–H and O–H groups in total. The second-order valence-corrected chi connectivity index (χ2v) is 12.1. The second kappa shape index (κ2) is 9.44. The molecule has 180 valence electrons. The summed E-state index contributed by atoms with van der Waals surface area (Å²) in [5, 5.41) is -0.157. The van der Waals surface area contributed by atoms with Crippen LogP contribution in [0.4, 0.5) is 5.88 Å². The summed E-state index contributed by atoms with van der Waals surface area (Å²) in [6, 6.07) is 6.75. The fraction of sp³-hybridized carbons (Fsp3) is 0.435. The number of ether oxygens (including phenoxy) is 1. The highest BCUT2D eigenvalue weighted by Crippen LogP contribution is 2.39. The molecule has 5 rings (SSSR count). The van der Waals surface area contributed by atoms with Crippen molar-refractivity contribution in [3.8, 4) is 0 Å². The Morgan fingerprint density at radius 2 is 1.82 bits per heavy atom. The maximum Gasteiger partial charge on any atom is 0.266 e. The Balaban J connectivity index is 1.52. The SMILES string of the molecule is Cc1ccc(S(=O)(=O)c2nc(/C=C3\SC(=S)N(C4CCCC4)C3=O)oc2N2CCOCC2)cc1. The van der Waals surface area contributed by atoms with Gasteiger partial charge in [-0.2, -0.15) is 4.98 Å². The number of carbonyl (C=O) groups is 1. The lowest BCUT2D eigenvalue weighted by Crippen LogP contribution is -2.36. The highest BCUT2D eigenvalue weighted by atomic mass is 32.2. The number of carbonyl (C=O) groups excluding carboxylic acids is 1. The number of rotatable bonds is 5. The minimum Gasteiger partial charge on any atom is -0.420 e. The van der Waals surface area contributed by atoms with Crippen LogP contribution in [0.1, 0.15) is 37.1 Å².